The number of carboxylic acids is 2. The highest BCUT2D eigenvalue weighted by molar-refractivity contribution is 6.00. The number of carboxylic acid groups (broad SMARTS) is 2. The summed E-state index contributed by atoms with van der Waals surface area (Å²) < 4.78 is 11.4. The van der Waals surface area contributed by atoms with E-state index in [0.717, 1.165) is 0 Å². The summed E-state index contributed by atoms with van der Waals surface area (Å²) in [6.07, 6.45) is -0.866. The van der Waals surface area contributed by atoms with E-state index in [0.29, 0.717) is 23.6 Å². The number of ether oxygens (including phenoxy) is 2. The molecule has 0 saturated carbocycles. The number of para-hydroxylation sites is 1. The van der Waals surface area contributed by atoms with Crippen molar-refractivity contribution in [2.24, 2.45) is 0 Å². The minimum absolute atomic E-state index is 0.0101. The average molecular weight is 609 g/mol. The number of nitro groups is 1. The molecule has 3 rings (SSSR count). The molecule has 2 aromatic rings. The zero-order chi connectivity index (χ0) is 32.4. The number of aliphatic hydroxyl groups excluding tert-OH is 1. The third kappa shape index (κ3) is 7.05. The van der Waals surface area contributed by atoms with Gasteiger partial charge in [0.15, 0.2) is 0 Å². The van der Waals surface area contributed by atoms with E-state index in [2.05, 4.69) is 5.32 Å². The Labute approximate surface area is 254 Å². The molecular formula is C31H36N4O9. The van der Waals surface area contributed by atoms with Crippen molar-refractivity contribution in [3.8, 4) is 11.8 Å². The Morgan fingerprint density at radius 2 is 1.84 bits per heavy atom. The van der Waals surface area contributed by atoms with Crippen LogP contribution in [0, 0.1) is 21.4 Å². The Kier molecular flexibility index (Phi) is 11.6. The number of nitrogens with one attached hydrogen (secondary N) is 1. The van der Waals surface area contributed by atoms with Gasteiger partial charge in [-0.15, -0.1) is 0 Å². The molecule has 2 aromatic carbocycles. The third-order valence-electron chi connectivity index (χ3n) is 7.54. The van der Waals surface area contributed by atoms with E-state index in [-0.39, 0.29) is 67.4 Å². The van der Waals surface area contributed by atoms with E-state index in [4.69, 9.17) is 14.7 Å². The summed E-state index contributed by atoms with van der Waals surface area (Å²) in [5.74, 6) is -2.31. The van der Waals surface area contributed by atoms with Gasteiger partial charge in [-0.2, -0.15) is 5.26 Å². The number of nitriles is 1. The van der Waals surface area contributed by atoms with Crippen LogP contribution in [0.5, 0.6) is 5.75 Å². The number of rotatable bonds is 16. The first-order chi connectivity index (χ1) is 21.0. The maximum Gasteiger partial charge on any atom is 0.334 e. The number of aliphatic hydroxyl groups is 1. The number of nitro benzene ring substituents is 1. The Hall–Kier alpha value is -4.77. The average Bonchev–Trinajstić information content (AvgIpc) is 3.00. The van der Waals surface area contributed by atoms with Gasteiger partial charge >= 0.3 is 11.9 Å². The van der Waals surface area contributed by atoms with Crippen molar-refractivity contribution in [1.29, 1.82) is 5.26 Å². The van der Waals surface area contributed by atoms with E-state index in [1.165, 1.54) is 24.3 Å². The Morgan fingerprint density at radius 3 is 2.45 bits per heavy atom. The lowest BCUT2D eigenvalue weighted by Gasteiger charge is -2.45. The van der Waals surface area contributed by atoms with Gasteiger partial charge < -0.3 is 35.0 Å². The van der Waals surface area contributed by atoms with Crippen LogP contribution in [-0.4, -0.2) is 82.6 Å². The summed E-state index contributed by atoms with van der Waals surface area (Å²) in [4.78, 5) is 38.2. The van der Waals surface area contributed by atoms with Gasteiger partial charge in [-0.1, -0.05) is 31.2 Å². The summed E-state index contributed by atoms with van der Waals surface area (Å²) >= 11 is 0. The van der Waals surface area contributed by atoms with E-state index in [1.54, 1.807) is 49.9 Å². The topological polar surface area (TPSA) is 195 Å². The fourth-order valence-electron chi connectivity index (χ4n) is 5.62. The quantitative estimate of drug-likeness (QED) is 0.124. The van der Waals surface area contributed by atoms with E-state index >= 15 is 0 Å². The standard InChI is InChI=1S/C31H36N4O9/c1-4-31(22-10-8-11-23(15-22)35(41)42)27(29(37)38)20(3)34(5-2)25(28(31)30(39)40)19-43-14-13-33-17-24(36)18-44-26-12-7-6-9-21(26)16-32/h6-12,15,24,33,36H,4-5,13-14,17-19H2,1-3H3,(H,37,38)(H,39,40). The van der Waals surface area contributed by atoms with E-state index < -0.39 is 28.4 Å². The first-order valence-electron chi connectivity index (χ1n) is 14.1. The van der Waals surface area contributed by atoms with Gasteiger partial charge in [0, 0.05) is 37.5 Å². The zero-order valence-corrected chi connectivity index (χ0v) is 24.8. The van der Waals surface area contributed by atoms with Crippen molar-refractivity contribution in [2.45, 2.75) is 38.7 Å². The lowest BCUT2D eigenvalue weighted by molar-refractivity contribution is -0.385. The lowest BCUT2D eigenvalue weighted by atomic mass is 9.63. The van der Waals surface area contributed by atoms with E-state index in [1.807, 2.05) is 6.07 Å². The normalized spacial score (nSPS) is 17.3. The molecule has 0 spiro atoms. The lowest BCUT2D eigenvalue weighted by Crippen LogP contribution is -2.47. The molecule has 0 aliphatic carbocycles. The molecule has 0 fully saturated rings. The monoisotopic (exact) mass is 608 g/mol. The molecule has 4 N–H and O–H groups in total. The minimum Gasteiger partial charge on any atom is -0.489 e. The molecule has 0 bridgehead atoms. The molecule has 1 heterocycles. The van der Waals surface area contributed by atoms with Gasteiger partial charge in [-0.05, 0) is 38.0 Å². The predicted octanol–water partition coefficient (Wildman–Crippen LogP) is 3.19. The molecule has 0 radical (unpaired) electrons. The first kappa shape index (κ1) is 33.7. The van der Waals surface area contributed by atoms with Crippen LogP contribution in [0.2, 0.25) is 0 Å². The summed E-state index contributed by atoms with van der Waals surface area (Å²) in [7, 11) is 0. The summed E-state index contributed by atoms with van der Waals surface area (Å²) in [5.41, 5.74) is -1.25. The number of carbonyl (C=O) groups is 2. The number of aliphatic carboxylic acids is 2. The number of allylic oxidation sites excluding steroid dienone is 1. The highest BCUT2D eigenvalue weighted by Gasteiger charge is 2.51. The minimum atomic E-state index is -1.69. The van der Waals surface area contributed by atoms with Crippen LogP contribution < -0.4 is 10.1 Å². The highest BCUT2D eigenvalue weighted by atomic mass is 16.6. The van der Waals surface area contributed by atoms with Gasteiger partial charge in [0.1, 0.15) is 24.5 Å². The van der Waals surface area contributed by atoms with Crippen LogP contribution in [0.3, 0.4) is 0 Å². The van der Waals surface area contributed by atoms with Gasteiger partial charge in [0.05, 0.1) is 46.0 Å². The number of benzene rings is 2. The molecule has 13 heteroatoms. The SMILES string of the molecule is CCN1C(C)=C(C(=O)O)C(CC)(c2cccc([N+](=O)[O-])c2)C(C(=O)O)=C1COCCNCC(O)COc1ccccc1C#N. The van der Waals surface area contributed by atoms with Crippen LogP contribution in [0.25, 0.3) is 0 Å². The van der Waals surface area contributed by atoms with Gasteiger partial charge in [0.2, 0.25) is 0 Å². The van der Waals surface area contributed by atoms with Crippen LogP contribution in [-0.2, 0) is 19.7 Å². The second-order valence-corrected chi connectivity index (χ2v) is 10.0. The third-order valence-corrected chi connectivity index (χ3v) is 7.54. The number of non-ortho nitro benzene ring substituents is 1. The van der Waals surface area contributed by atoms with Crippen LogP contribution >= 0.6 is 0 Å². The Balaban J connectivity index is 1.79. The molecule has 2 unspecified atom stereocenters. The smallest absolute Gasteiger partial charge is 0.334 e. The van der Waals surface area contributed by atoms with Crippen molar-refractivity contribution in [1.82, 2.24) is 10.2 Å². The maximum atomic E-state index is 12.9. The molecule has 1 aliphatic rings. The summed E-state index contributed by atoms with van der Waals surface area (Å²) in [6.45, 7) is 5.63. The zero-order valence-electron chi connectivity index (χ0n) is 24.8. The number of likely N-dealkylation sites (N-methyl/N-ethyl adjacent to an activating group) is 1. The van der Waals surface area contributed by atoms with Crippen LogP contribution in [0.1, 0.15) is 38.3 Å². The number of nitrogens with zero attached hydrogens (tertiary/aromatic N) is 3. The second kappa shape index (κ2) is 15.1. The fourth-order valence-corrected chi connectivity index (χ4v) is 5.62. The molecule has 1 aliphatic heterocycles. The summed E-state index contributed by atoms with van der Waals surface area (Å²) in [6, 6.07) is 14.1. The van der Waals surface area contributed by atoms with Gasteiger partial charge in [-0.25, -0.2) is 9.59 Å². The number of hydrogen-bond donors (Lipinski definition) is 4. The van der Waals surface area contributed by atoms with Gasteiger partial charge in [0.25, 0.3) is 5.69 Å². The predicted molar refractivity (Wildman–Crippen MR) is 159 cm³/mol. The van der Waals surface area contributed by atoms with Gasteiger partial charge in [-0.3, -0.25) is 10.1 Å². The molecule has 0 aromatic heterocycles. The van der Waals surface area contributed by atoms with Crippen molar-refractivity contribution in [2.75, 3.05) is 39.5 Å². The van der Waals surface area contributed by atoms with Crippen LogP contribution in [0.4, 0.5) is 5.69 Å². The number of hydrogen-bond acceptors (Lipinski definition) is 10. The van der Waals surface area contributed by atoms with Crippen molar-refractivity contribution in [3.63, 3.8) is 0 Å². The molecular weight excluding hydrogens is 572 g/mol. The molecule has 0 amide bonds. The molecule has 2 atom stereocenters. The van der Waals surface area contributed by atoms with E-state index in [9.17, 15) is 35.0 Å². The van der Waals surface area contributed by atoms with Crippen molar-refractivity contribution in [3.05, 3.63) is 92.3 Å². The molecule has 0 saturated heterocycles. The largest absolute Gasteiger partial charge is 0.489 e. The first-order valence-corrected chi connectivity index (χ1v) is 14.1. The fraction of sp³-hybridized carbons (Fsp3) is 0.387. The Bertz CT molecular complexity index is 1500. The molecule has 44 heavy (non-hydrogen) atoms. The van der Waals surface area contributed by atoms with Crippen LogP contribution in [0.15, 0.2) is 71.1 Å². The van der Waals surface area contributed by atoms with Crippen molar-refractivity contribution < 1.29 is 39.3 Å². The second-order valence-electron chi connectivity index (χ2n) is 10.0. The maximum absolute atomic E-state index is 12.9. The van der Waals surface area contributed by atoms with Crippen molar-refractivity contribution >= 4 is 17.6 Å². The Morgan fingerprint density at radius 1 is 1.14 bits per heavy atom. The molecule has 13 nitrogen and oxygen atoms in total. The summed E-state index contributed by atoms with van der Waals surface area (Å²) in [5, 5.41) is 54.9. The molecule has 234 valence electrons. The highest BCUT2D eigenvalue weighted by Crippen LogP contribution is 2.50.